The molecule has 0 radical (unpaired) electrons. The van der Waals surface area contributed by atoms with Crippen molar-refractivity contribution >= 4 is 17.5 Å². The molecular weight excluding hydrogens is 364 g/mol. The second kappa shape index (κ2) is 8.73. The van der Waals surface area contributed by atoms with E-state index in [0.29, 0.717) is 18.1 Å². The molecule has 1 aromatic heterocycles. The lowest BCUT2D eigenvalue weighted by Gasteiger charge is -2.19. The minimum Gasteiger partial charge on any atom is -0.497 e. The molecule has 0 saturated heterocycles. The van der Waals surface area contributed by atoms with Crippen LogP contribution in [0.4, 0.5) is 11.6 Å². The highest BCUT2D eigenvalue weighted by Crippen LogP contribution is 2.23. The molecule has 0 unspecified atom stereocenters. The summed E-state index contributed by atoms with van der Waals surface area (Å²) in [5, 5.41) is 6.01. The second-order valence-corrected chi connectivity index (χ2v) is 7.78. The lowest BCUT2D eigenvalue weighted by molar-refractivity contribution is 0.102. The van der Waals surface area contributed by atoms with Crippen molar-refractivity contribution in [1.82, 2.24) is 9.97 Å². The molecule has 2 aromatic carbocycles. The van der Waals surface area contributed by atoms with Crippen molar-refractivity contribution < 1.29 is 9.53 Å². The van der Waals surface area contributed by atoms with Gasteiger partial charge in [-0.25, -0.2) is 9.97 Å². The van der Waals surface area contributed by atoms with Gasteiger partial charge in [0.1, 0.15) is 5.75 Å². The monoisotopic (exact) mass is 390 g/mol. The van der Waals surface area contributed by atoms with Gasteiger partial charge in [-0.1, -0.05) is 45.0 Å². The zero-order valence-corrected chi connectivity index (χ0v) is 17.2. The van der Waals surface area contributed by atoms with Gasteiger partial charge in [-0.15, -0.1) is 0 Å². The lowest BCUT2D eigenvalue weighted by atomic mass is 9.87. The fourth-order valence-corrected chi connectivity index (χ4v) is 2.72. The molecule has 0 aliphatic rings. The van der Waals surface area contributed by atoms with E-state index < -0.39 is 0 Å². The molecule has 3 aromatic rings. The van der Waals surface area contributed by atoms with Crippen LogP contribution in [-0.4, -0.2) is 23.0 Å². The first-order chi connectivity index (χ1) is 13.8. The molecule has 1 amide bonds. The fourth-order valence-electron chi connectivity index (χ4n) is 2.72. The van der Waals surface area contributed by atoms with Crippen LogP contribution < -0.4 is 15.4 Å². The van der Waals surface area contributed by atoms with E-state index >= 15 is 0 Å². The summed E-state index contributed by atoms with van der Waals surface area (Å²) in [6.45, 7) is 7.04. The average molecular weight is 390 g/mol. The Labute approximate surface area is 171 Å². The zero-order valence-electron chi connectivity index (χ0n) is 17.2. The molecule has 0 saturated carbocycles. The third kappa shape index (κ3) is 5.54. The maximum absolute atomic E-state index is 12.4. The molecule has 3 rings (SSSR count). The molecule has 0 fully saturated rings. The van der Waals surface area contributed by atoms with Crippen molar-refractivity contribution in [1.29, 1.82) is 0 Å². The van der Waals surface area contributed by atoms with E-state index in [2.05, 4.69) is 41.4 Å². The first kappa shape index (κ1) is 20.3. The van der Waals surface area contributed by atoms with Gasteiger partial charge in [-0.2, -0.15) is 0 Å². The van der Waals surface area contributed by atoms with Gasteiger partial charge < -0.3 is 15.4 Å². The number of rotatable bonds is 6. The van der Waals surface area contributed by atoms with Crippen LogP contribution in [0, 0.1) is 0 Å². The van der Waals surface area contributed by atoms with E-state index in [1.165, 1.54) is 18.0 Å². The van der Waals surface area contributed by atoms with E-state index in [0.717, 1.165) is 17.0 Å². The van der Waals surface area contributed by atoms with Crippen molar-refractivity contribution in [2.45, 2.75) is 32.7 Å². The number of ether oxygens (including phenoxy) is 1. The van der Waals surface area contributed by atoms with E-state index in [9.17, 15) is 4.79 Å². The van der Waals surface area contributed by atoms with Crippen molar-refractivity contribution in [3.8, 4) is 5.75 Å². The summed E-state index contributed by atoms with van der Waals surface area (Å²) in [5.41, 5.74) is 3.51. The number of hydrogen-bond acceptors (Lipinski definition) is 5. The molecule has 0 spiro atoms. The number of carbonyl (C=O) groups excluding carboxylic acids is 1. The summed E-state index contributed by atoms with van der Waals surface area (Å²) in [4.78, 5) is 20.9. The summed E-state index contributed by atoms with van der Waals surface area (Å²) in [6.07, 6.45) is 3.03. The maximum atomic E-state index is 12.4. The van der Waals surface area contributed by atoms with Crippen molar-refractivity contribution in [2.75, 3.05) is 17.7 Å². The van der Waals surface area contributed by atoms with Gasteiger partial charge in [0.25, 0.3) is 5.91 Å². The molecule has 150 valence electrons. The number of benzene rings is 2. The lowest BCUT2D eigenvalue weighted by Crippen LogP contribution is -2.14. The van der Waals surface area contributed by atoms with Crippen molar-refractivity contribution in [3.05, 3.63) is 77.6 Å². The van der Waals surface area contributed by atoms with Crippen molar-refractivity contribution in [3.63, 3.8) is 0 Å². The molecule has 29 heavy (non-hydrogen) atoms. The quantitative estimate of drug-likeness (QED) is 0.641. The highest BCUT2D eigenvalue weighted by atomic mass is 16.5. The Morgan fingerprint density at radius 1 is 0.966 bits per heavy atom. The number of nitrogens with one attached hydrogen (secondary N) is 2. The predicted octanol–water partition coefficient (Wildman–Crippen LogP) is 4.65. The van der Waals surface area contributed by atoms with Gasteiger partial charge in [0.2, 0.25) is 5.95 Å². The number of methoxy groups -OCH3 is 1. The molecule has 0 aliphatic heterocycles. The standard InChI is InChI=1S/C23H26N4O2/c1-23(2,3)18-7-9-19(10-8-18)27-21(28)17-14-25-22(26-15-17)24-13-16-5-11-20(29-4)12-6-16/h5-12,14-15H,13H2,1-4H3,(H,27,28)(H,24,25,26). The van der Waals surface area contributed by atoms with Crippen LogP contribution in [0.1, 0.15) is 42.3 Å². The molecule has 6 nitrogen and oxygen atoms in total. The van der Waals surface area contributed by atoms with Crippen LogP contribution in [-0.2, 0) is 12.0 Å². The molecule has 0 atom stereocenters. The maximum Gasteiger partial charge on any atom is 0.258 e. The summed E-state index contributed by atoms with van der Waals surface area (Å²) >= 11 is 0. The van der Waals surface area contributed by atoms with E-state index in [1.807, 2.05) is 48.5 Å². The first-order valence-electron chi connectivity index (χ1n) is 9.46. The predicted molar refractivity (Wildman–Crippen MR) is 115 cm³/mol. The Morgan fingerprint density at radius 2 is 1.59 bits per heavy atom. The van der Waals surface area contributed by atoms with Gasteiger partial charge in [-0.05, 0) is 40.8 Å². The Balaban J connectivity index is 1.56. The topological polar surface area (TPSA) is 76.1 Å². The fraction of sp³-hybridized carbons (Fsp3) is 0.261. The van der Waals surface area contributed by atoms with Crippen LogP contribution in [0.5, 0.6) is 5.75 Å². The SMILES string of the molecule is COc1ccc(CNc2ncc(C(=O)Nc3ccc(C(C)(C)C)cc3)cn2)cc1. The smallest absolute Gasteiger partial charge is 0.258 e. The first-order valence-corrected chi connectivity index (χ1v) is 9.46. The van der Waals surface area contributed by atoms with E-state index in [-0.39, 0.29) is 11.3 Å². The average Bonchev–Trinajstić information content (AvgIpc) is 2.72. The van der Waals surface area contributed by atoms with Gasteiger partial charge in [0, 0.05) is 24.6 Å². The highest BCUT2D eigenvalue weighted by molar-refractivity contribution is 6.03. The Morgan fingerprint density at radius 3 is 2.14 bits per heavy atom. The van der Waals surface area contributed by atoms with Gasteiger partial charge >= 0.3 is 0 Å². The van der Waals surface area contributed by atoms with Crippen LogP contribution >= 0.6 is 0 Å². The highest BCUT2D eigenvalue weighted by Gasteiger charge is 2.13. The van der Waals surface area contributed by atoms with Crippen molar-refractivity contribution in [2.24, 2.45) is 0 Å². The number of nitrogens with zero attached hydrogens (tertiary/aromatic N) is 2. The number of carbonyl (C=O) groups is 1. The van der Waals surface area contributed by atoms with Crippen LogP contribution in [0.2, 0.25) is 0 Å². The molecule has 6 heteroatoms. The Kier molecular flexibility index (Phi) is 6.12. The van der Waals surface area contributed by atoms with Crippen LogP contribution in [0.15, 0.2) is 60.9 Å². The Hall–Kier alpha value is -3.41. The van der Waals surface area contributed by atoms with Crippen LogP contribution in [0.25, 0.3) is 0 Å². The molecule has 1 heterocycles. The third-order valence-corrected chi connectivity index (χ3v) is 4.53. The number of hydrogen-bond donors (Lipinski definition) is 2. The van der Waals surface area contributed by atoms with Gasteiger partial charge in [0.15, 0.2) is 0 Å². The number of amides is 1. The number of aromatic nitrogens is 2. The summed E-state index contributed by atoms with van der Waals surface area (Å²) < 4.78 is 5.15. The number of anilines is 2. The Bertz CT molecular complexity index is 944. The second-order valence-electron chi connectivity index (χ2n) is 7.78. The van der Waals surface area contributed by atoms with E-state index in [1.54, 1.807) is 7.11 Å². The molecular formula is C23H26N4O2. The van der Waals surface area contributed by atoms with Crippen LogP contribution in [0.3, 0.4) is 0 Å². The summed E-state index contributed by atoms with van der Waals surface area (Å²) in [6, 6.07) is 15.6. The summed E-state index contributed by atoms with van der Waals surface area (Å²) in [5.74, 6) is 1.04. The largest absolute Gasteiger partial charge is 0.497 e. The van der Waals surface area contributed by atoms with Gasteiger partial charge in [0.05, 0.1) is 12.7 Å². The van der Waals surface area contributed by atoms with E-state index in [4.69, 9.17) is 4.74 Å². The third-order valence-electron chi connectivity index (χ3n) is 4.53. The minimum atomic E-state index is -0.241. The molecule has 0 aliphatic carbocycles. The minimum absolute atomic E-state index is 0.0744. The van der Waals surface area contributed by atoms with Gasteiger partial charge in [-0.3, -0.25) is 4.79 Å². The molecule has 2 N–H and O–H groups in total. The molecule has 0 bridgehead atoms. The summed E-state index contributed by atoms with van der Waals surface area (Å²) in [7, 11) is 1.64. The normalized spacial score (nSPS) is 11.0. The zero-order chi connectivity index (χ0) is 20.9.